The molecule has 1 aromatic rings. The molecule has 3 rings (SSSR count). The van der Waals surface area contributed by atoms with Crippen LogP contribution in [0.15, 0.2) is 18.2 Å². The Balaban J connectivity index is 1.64. The van der Waals surface area contributed by atoms with Crippen LogP contribution in [0.1, 0.15) is 6.92 Å². The smallest absolute Gasteiger partial charge is 0.414 e. The normalized spacial score (nSPS) is 19.7. The lowest BCUT2D eigenvalue weighted by atomic mass is 10.2. The Morgan fingerprint density at radius 2 is 2.10 bits per heavy atom. The average Bonchev–Trinajstić information content (AvgIpc) is 2.90. The molecule has 0 spiro atoms. The van der Waals surface area contributed by atoms with Crippen LogP contribution in [0.5, 0.6) is 0 Å². The Bertz CT molecular complexity index is 829. The van der Waals surface area contributed by atoms with Crippen molar-refractivity contribution in [3.8, 4) is 0 Å². The highest BCUT2D eigenvalue weighted by atomic mass is 32.1. The number of nitrogens with zero attached hydrogens (tertiary/aromatic N) is 3. The maximum absolute atomic E-state index is 14.8. The van der Waals surface area contributed by atoms with Gasteiger partial charge in [-0.1, -0.05) is 12.2 Å². The summed E-state index contributed by atoms with van der Waals surface area (Å²) in [4.78, 5) is 32.2. The maximum atomic E-state index is 14.8. The Kier molecular flexibility index (Phi) is 6.98. The summed E-state index contributed by atoms with van der Waals surface area (Å²) >= 11 is 5.10. The molecule has 12 heteroatoms. The predicted octanol–water partition coefficient (Wildman–Crippen LogP) is 1.93. The largest absolute Gasteiger partial charge is 0.442 e. The maximum Gasteiger partial charge on any atom is 0.414 e. The van der Waals surface area contributed by atoms with Crippen LogP contribution in [0.3, 0.4) is 0 Å². The molecule has 30 heavy (non-hydrogen) atoms. The van der Waals surface area contributed by atoms with E-state index in [1.165, 1.54) is 11.0 Å². The standard InChI is InChI=1S/C18H21F3N4O4S/c1-11(30)25-5-4-23(6-7-28-25)15-3-2-12(8-14(15)19)24-10-13(29-18(24)27)9-22-17(26)16(20)21/h2-3,8,13,16H,4-7,9-10H2,1H3,(H,22,26). The summed E-state index contributed by atoms with van der Waals surface area (Å²) < 4.78 is 44.4. The minimum absolute atomic E-state index is 0.00158. The number of anilines is 2. The van der Waals surface area contributed by atoms with E-state index in [-0.39, 0.29) is 18.8 Å². The topological polar surface area (TPSA) is 74.4 Å². The van der Waals surface area contributed by atoms with Crippen LogP contribution < -0.4 is 15.1 Å². The SMILES string of the molecule is CC(=S)N1CCN(c2ccc(N3CC(CNC(=O)C(F)F)OC3=O)cc2F)CCO1. The van der Waals surface area contributed by atoms with E-state index in [1.807, 2.05) is 10.2 Å². The molecule has 2 aliphatic heterocycles. The molecule has 0 saturated carbocycles. The second kappa shape index (κ2) is 9.47. The minimum atomic E-state index is -3.15. The number of benzene rings is 1. The van der Waals surface area contributed by atoms with Crippen LogP contribution in [0.25, 0.3) is 0 Å². The molecule has 1 N–H and O–H groups in total. The second-order valence-electron chi connectivity index (χ2n) is 6.74. The number of thiocarbonyl (C=S) groups is 1. The number of hydroxylamine groups is 2. The summed E-state index contributed by atoms with van der Waals surface area (Å²) in [6.45, 7) is 3.30. The van der Waals surface area contributed by atoms with Crippen LogP contribution in [0.4, 0.5) is 29.3 Å². The first-order valence-electron chi connectivity index (χ1n) is 9.25. The molecule has 1 aromatic carbocycles. The number of carbonyl (C=O) groups excluding carboxylic acids is 2. The van der Waals surface area contributed by atoms with Crippen molar-refractivity contribution >= 4 is 40.6 Å². The van der Waals surface area contributed by atoms with Crippen LogP contribution in [0, 0.1) is 5.82 Å². The predicted molar refractivity (Wildman–Crippen MR) is 106 cm³/mol. The quantitative estimate of drug-likeness (QED) is 0.693. The van der Waals surface area contributed by atoms with E-state index < -0.39 is 30.3 Å². The van der Waals surface area contributed by atoms with Crippen LogP contribution >= 0.6 is 12.2 Å². The highest BCUT2D eigenvalue weighted by Crippen LogP contribution is 2.28. The van der Waals surface area contributed by atoms with Gasteiger partial charge in [0.1, 0.15) is 16.9 Å². The van der Waals surface area contributed by atoms with Crippen molar-refractivity contribution in [3.05, 3.63) is 24.0 Å². The first kappa shape index (κ1) is 22.1. The average molecular weight is 446 g/mol. The van der Waals surface area contributed by atoms with Gasteiger partial charge in [-0.05, 0) is 25.1 Å². The van der Waals surface area contributed by atoms with Crippen LogP contribution in [-0.2, 0) is 14.4 Å². The molecular weight excluding hydrogens is 425 g/mol. The molecule has 164 valence electrons. The molecule has 2 amide bonds. The fourth-order valence-corrected chi connectivity index (χ4v) is 3.33. The summed E-state index contributed by atoms with van der Waals surface area (Å²) in [5.41, 5.74) is 0.630. The molecule has 1 atom stereocenters. The van der Waals surface area contributed by atoms with Gasteiger partial charge in [0, 0.05) is 13.1 Å². The fraction of sp³-hybridized carbons (Fsp3) is 0.500. The highest BCUT2D eigenvalue weighted by Gasteiger charge is 2.33. The number of alkyl halides is 2. The highest BCUT2D eigenvalue weighted by molar-refractivity contribution is 7.80. The lowest BCUT2D eigenvalue weighted by molar-refractivity contribution is -0.132. The van der Waals surface area contributed by atoms with E-state index in [1.54, 1.807) is 24.1 Å². The Labute approximate surface area is 176 Å². The zero-order valence-corrected chi connectivity index (χ0v) is 17.0. The summed E-state index contributed by atoms with van der Waals surface area (Å²) in [5, 5.41) is 3.59. The minimum Gasteiger partial charge on any atom is -0.442 e. The lowest BCUT2D eigenvalue weighted by Crippen LogP contribution is -2.37. The number of ether oxygens (including phenoxy) is 1. The van der Waals surface area contributed by atoms with Gasteiger partial charge in [0.15, 0.2) is 0 Å². The molecule has 8 nitrogen and oxygen atoms in total. The number of hydrogen-bond donors (Lipinski definition) is 1. The van der Waals surface area contributed by atoms with E-state index in [2.05, 4.69) is 0 Å². The molecular formula is C18H21F3N4O4S. The third kappa shape index (κ3) is 5.11. The third-order valence-electron chi connectivity index (χ3n) is 4.69. The van der Waals surface area contributed by atoms with Gasteiger partial charge in [-0.2, -0.15) is 8.78 Å². The van der Waals surface area contributed by atoms with E-state index >= 15 is 0 Å². The fourth-order valence-electron chi connectivity index (χ4n) is 3.19. The Morgan fingerprint density at radius 3 is 2.77 bits per heavy atom. The third-order valence-corrected chi connectivity index (χ3v) is 4.90. The molecule has 0 radical (unpaired) electrons. The van der Waals surface area contributed by atoms with Gasteiger partial charge >= 0.3 is 12.5 Å². The molecule has 2 heterocycles. The molecule has 0 aliphatic carbocycles. The van der Waals surface area contributed by atoms with Crippen LogP contribution in [-0.4, -0.2) is 73.9 Å². The van der Waals surface area contributed by atoms with Gasteiger partial charge < -0.3 is 15.0 Å². The summed E-state index contributed by atoms with van der Waals surface area (Å²) in [6, 6.07) is 4.35. The van der Waals surface area contributed by atoms with E-state index in [0.29, 0.717) is 36.9 Å². The number of rotatable bonds is 5. The van der Waals surface area contributed by atoms with E-state index in [4.69, 9.17) is 21.8 Å². The van der Waals surface area contributed by atoms with Crippen molar-refractivity contribution in [1.29, 1.82) is 0 Å². The van der Waals surface area contributed by atoms with E-state index in [9.17, 15) is 22.8 Å². The van der Waals surface area contributed by atoms with Gasteiger partial charge in [0.05, 0.1) is 37.6 Å². The first-order chi connectivity index (χ1) is 14.3. The molecule has 0 bridgehead atoms. The molecule has 2 saturated heterocycles. The van der Waals surface area contributed by atoms with Gasteiger partial charge in [0.2, 0.25) is 0 Å². The summed E-state index contributed by atoms with van der Waals surface area (Å²) in [7, 11) is 0. The molecule has 2 fully saturated rings. The summed E-state index contributed by atoms with van der Waals surface area (Å²) in [5.74, 6) is -1.97. The number of nitrogens with one attached hydrogen (secondary N) is 1. The molecule has 0 aromatic heterocycles. The number of cyclic esters (lactones) is 1. The Morgan fingerprint density at radius 1 is 1.33 bits per heavy atom. The number of carbonyl (C=O) groups is 2. The van der Waals surface area contributed by atoms with Gasteiger partial charge in [-0.15, -0.1) is 0 Å². The van der Waals surface area contributed by atoms with Gasteiger partial charge in [0.25, 0.3) is 5.91 Å². The van der Waals surface area contributed by atoms with Crippen molar-refractivity contribution in [3.63, 3.8) is 0 Å². The first-order valence-corrected chi connectivity index (χ1v) is 9.66. The second-order valence-corrected chi connectivity index (χ2v) is 7.33. The van der Waals surface area contributed by atoms with Crippen molar-refractivity contribution in [2.75, 3.05) is 49.1 Å². The monoisotopic (exact) mass is 446 g/mol. The molecule has 2 aliphatic rings. The molecule has 1 unspecified atom stereocenters. The Hall–Kier alpha value is -2.60. The van der Waals surface area contributed by atoms with Crippen molar-refractivity contribution in [2.24, 2.45) is 0 Å². The van der Waals surface area contributed by atoms with Crippen molar-refractivity contribution in [2.45, 2.75) is 19.5 Å². The van der Waals surface area contributed by atoms with Gasteiger partial charge in [-0.25, -0.2) is 14.2 Å². The summed E-state index contributed by atoms with van der Waals surface area (Å²) in [6.07, 6.45) is -4.70. The van der Waals surface area contributed by atoms with Crippen molar-refractivity contribution in [1.82, 2.24) is 10.4 Å². The zero-order chi connectivity index (χ0) is 21.8. The number of halogens is 3. The number of hydrogen-bond acceptors (Lipinski definition) is 6. The van der Waals surface area contributed by atoms with Crippen molar-refractivity contribution < 1.29 is 32.3 Å². The van der Waals surface area contributed by atoms with Crippen LogP contribution in [0.2, 0.25) is 0 Å². The zero-order valence-electron chi connectivity index (χ0n) is 16.1. The number of amides is 2. The van der Waals surface area contributed by atoms with E-state index in [0.717, 1.165) is 0 Å². The van der Waals surface area contributed by atoms with Gasteiger partial charge in [-0.3, -0.25) is 14.5 Å². The lowest BCUT2D eigenvalue weighted by Gasteiger charge is -2.24.